The summed E-state index contributed by atoms with van der Waals surface area (Å²) in [6.45, 7) is 7.05. The number of benzene rings is 1. The van der Waals surface area contributed by atoms with Crippen molar-refractivity contribution in [2.24, 2.45) is 0 Å². The Morgan fingerprint density at radius 2 is 1.84 bits per heavy atom. The van der Waals surface area contributed by atoms with Crippen molar-refractivity contribution in [3.63, 3.8) is 0 Å². The van der Waals surface area contributed by atoms with Crippen LogP contribution in [0.5, 0.6) is 0 Å². The lowest BCUT2D eigenvalue weighted by molar-refractivity contribution is 0.286. The third-order valence-electron chi connectivity index (χ3n) is 6.19. The molecule has 3 aromatic heterocycles. The van der Waals surface area contributed by atoms with Crippen LogP contribution in [-0.2, 0) is 6.54 Å². The van der Waals surface area contributed by atoms with E-state index in [1.165, 1.54) is 22.5 Å². The van der Waals surface area contributed by atoms with E-state index in [2.05, 4.69) is 76.9 Å². The standard InChI is InChI=1S/C26H26N4OS/c1-17-9-11-20(12-10-17)30-18(2)15-22(19(30)3)25-24(23-8-4-5-13-27-23)28-26(32)29(25)16-21-7-6-14-31-21/h4-15,24-25H,16H2,1-3H3,(H,28,32). The number of nitrogens with one attached hydrogen (secondary N) is 1. The van der Waals surface area contributed by atoms with Gasteiger partial charge in [-0.25, -0.2) is 0 Å². The van der Waals surface area contributed by atoms with Crippen LogP contribution in [0.4, 0.5) is 0 Å². The van der Waals surface area contributed by atoms with Crippen molar-refractivity contribution in [2.75, 3.05) is 0 Å². The highest BCUT2D eigenvalue weighted by Gasteiger charge is 2.41. The lowest BCUT2D eigenvalue weighted by Gasteiger charge is -2.27. The number of thiocarbonyl (C=S) groups is 1. The van der Waals surface area contributed by atoms with Gasteiger partial charge in [-0.05, 0) is 81.0 Å². The molecular formula is C26H26N4OS. The summed E-state index contributed by atoms with van der Waals surface area (Å²) in [5, 5.41) is 4.24. The van der Waals surface area contributed by atoms with Gasteiger partial charge in [-0.1, -0.05) is 23.8 Å². The van der Waals surface area contributed by atoms with Crippen molar-refractivity contribution in [3.05, 3.63) is 107 Å². The molecule has 0 aliphatic carbocycles. The fourth-order valence-electron chi connectivity index (χ4n) is 4.66. The van der Waals surface area contributed by atoms with Crippen molar-refractivity contribution >= 4 is 17.3 Å². The molecule has 1 N–H and O–H groups in total. The second-order valence-corrected chi connectivity index (χ2v) is 8.72. The summed E-state index contributed by atoms with van der Waals surface area (Å²) >= 11 is 5.80. The zero-order valence-corrected chi connectivity index (χ0v) is 19.3. The maximum atomic E-state index is 5.80. The van der Waals surface area contributed by atoms with Crippen LogP contribution < -0.4 is 5.32 Å². The molecule has 0 bridgehead atoms. The maximum Gasteiger partial charge on any atom is 0.170 e. The smallest absolute Gasteiger partial charge is 0.170 e. The van der Waals surface area contributed by atoms with Gasteiger partial charge in [0, 0.05) is 23.3 Å². The molecule has 4 heterocycles. The zero-order chi connectivity index (χ0) is 22.2. The Labute approximate surface area is 193 Å². The number of aryl methyl sites for hydroxylation is 2. The number of rotatable bonds is 5. The molecule has 2 unspecified atom stereocenters. The molecule has 1 fully saturated rings. The molecule has 5 nitrogen and oxygen atoms in total. The van der Waals surface area contributed by atoms with Crippen LogP contribution >= 0.6 is 12.2 Å². The molecule has 1 aromatic carbocycles. The lowest BCUT2D eigenvalue weighted by Crippen LogP contribution is -2.29. The molecule has 0 spiro atoms. The molecule has 162 valence electrons. The number of aromatic nitrogens is 2. The van der Waals surface area contributed by atoms with Crippen LogP contribution in [-0.4, -0.2) is 19.6 Å². The minimum Gasteiger partial charge on any atom is -0.467 e. The van der Waals surface area contributed by atoms with Crippen molar-refractivity contribution in [3.8, 4) is 5.69 Å². The molecule has 5 rings (SSSR count). The first kappa shape index (κ1) is 20.5. The van der Waals surface area contributed by atoms with Crippen LogP contribution in [0.25, 0.3) is 5.69 Å². The van der Waals surface area contributed by atoms with Gasteiger partial charge in [-0.2, -0.15) is 0 Å². The molecule has 2 atom stereocenters. The number of furan rings is 1. The second kappa shape index (κ2) is 8.28. The molecular weight excluding hydrogens is 416 g/mol. The molecule has 6 heteroatoms. The quantitative estimate of drug-likeness (QED) is 0.410. The van der Waals surface area contributed by atoms with Crippen LogP contribution in [0.1, 0.15) is 46.1 Å². The van der Waals surface area contributed by atoms with Gasteiger partial charge in [0.1, 0.15) is 5.76 Å². The van der Waals surface area contributed by atoms with E-state index in [0.717, 1.165) is 17.1 Å². The fourth-order valence-corrected chi connectivity index (χ4v) is 4.97. The van der Waals surface area contributed by atoms with Crippen molar-refractivity contribution in [2.45, 2.75) is 39.4 Å². The van der Waals surface area contributed by atoms with E-state index in [0.29, 0.717) is 11.7 Å². The SMILES string of the molecule is Cc1ccc(-n2c(C)cc(C3C(c4ccccn4)NC(=S)N3Cc3ccco3)c2C)cc1. The van der Waals surface area contributed by atoms with Gasteiger partial charge in [-0.3, -0.25) is 4.98 Å². The Bertz CT molecular complexity index is 1230. The summed E-state index contributed by atoms with van der Waals surface area (Å²) in [5.41, 5.74) is 7.02. The molecule has 4 aromatic rings. The molecule has 0 saturated carbocycles. The third kappa shape index (κ3) is 3.60. The molecule has 1 aliphatic heterocycles. The molecule has 1 saturated heterocycles. The third-order valence-corrected chi connectivity index (χ3v) is 6.54. The second-order valence-electron chi connectivity index (χ2n) is 8.33. The van der Waals surface area contributed by atoms with Gasteiger partial charge in [0.15, 0.2) is 5.11 Å². The summed E-state index contributed by atoms with van der Waals surface area (Å²) in [7, 11) is 0. The topological polar surface area (TPSA) is 46.2 Å². The molecule has 1 aliphatic rings. The highest BCUT2D eigenvalue weighted by atomic mass is 32.1. The number of nitrogens with zero attached hydrogens (tertiary/aromatic N) is 3. The minimum atomic E-state index is -0.0503. The fraction of sp³-hybridized carbons (Fsp3) is 0.231. The number of hydrogen-bond acceptors (Lipinski definition) is 3. The summed E-state index contributed by atoms with van der Waals surface area (Å²) in [4.78, 5) is 6.87. The van der Waals surface area contributed by atoms with E-state index in [1.807, 2.05) is 30.5 Å². The van der Waals surface area contributed by atoms with Crippen molar-refractivity contribution in [1.29, 1.82) is 0 Å². The highest BCUT2D eigenvalue weighted by molar-refractivity contribution is 7.80. The van der Waals surface area contributed by atoms with Crippen molar-refractivity contribution < 1.29 is 4.42 Å². The monoisotopic (exact) mass is 442 g/mol. The van der Waals surface area contributed by atoms with Gasteiger partial charge in [0.2, 0.25) is 0 Å². The van der Waals surface area contributed by atoms with E-state index in [1.54, 1.807) is 6.26 Å². The summed E-state index contributed by atoms with van der Waals surface area (Å²) < 4.78 is 7.97. The summed E-state index contributed by atoms with van der Waals surface area (Å²) in [6, 6.07) is 20.8. The average Bonchev–Trinajstić information content (AvgIpc) is 3.49. The average molecular weight is 443 g/mol. The zero-order valence-electron chi connectivity index (χ0n) is 18.4. The van der Waals surface area contributed by atoms with Crippen LogP contribution in [0.2, 0.25) is 0 Å². The Morgan fingerprint density at radius 3 is 2.53 bits per heavy atom. The van der Waals surface area contributed by atoms with Gasteiger partial charge < -0.3 is 19.2 Å². The number of hydrogen-bond donors (Lipinski definition) is 1. The normalized spacial score (nSPS) is 18.2. The molecule has 0 amide bonds. The van der Waals surface area contributed by atoms with Crippen LogP contribution in [0.15, 0.2) is 77.5 Å². The van der Waals surface area contributed by atoms with Crippen LogP contribution in [0, 0.1) is 20.8 Å². The largest absolute Gasteiger partial charge is 0.467 e. The van der Waals surface area contributed by atoms with E-state index >= 15 is 0 Å². The highest BCUT2D eigenvalue weighted by Crippen LogP contribution is 2.42. The Balaban J connectivity index is 1.62. The minimum absolute atomic E-state index is 0.00658. The Morgan fingerprint density at radius 1 is 1.03 bits per heavy atom. The van der Waals surface area contributed by atoms with Gasteiger partial charge in [0.25, 0.3) is 0 Å². The van der Waals surface area contributed by atoms with Gasteiger partial charge in [0.05, 0.1) is 30.6 Å². The van der Waals surface area contributed by atoms with E-state index in [-0.39, 0.29) is 12.1 Å². The molecule has 0 radical (unpaired) electrons. The predicted molar refractivity (Wildman–Crippen MR) is 130 cm³/mol. The molecule has 32 heavy (non-hydrogen) atoms. The summed E-state index contributed by atoms with van der Waals surface area (Å²) in [6.07, 6.45) is 3.54. The maximum absolute atomic E-state index is 5.80. The van der Waals surface area contributed by atoms with Gasteiger partial charge in [-0.15, -0.1) is 0 Å². The van der Waals surface area contributed by atoms with Gasteiger partial charge >= 0.3 is 0 Å². The van der Waals surface area contributed by atoms with Crippen LogP contribution in [0.3, 0.4) is 0 Å². The number of pyridine rings is 1. The first-order valence-electron chi connectivity index (χ1n) is 10.8. The lowest BCUT2D eigenvalue weighted by atomic mass is 9.96. The first-order valence-corrected chi connectivity index (χ1v) is 11.2. The van der Waals surface area contributed by atoms with E-state index in [9.17, 15) is 0 Å². The first-order chi connectivity index (χ1) is 15.5. The predicted octanol–water partition coefficient (Wildman–Crippen LogP) is 5.56. The Hall–Kier alpha value is -3.38. The van der Waals surface area contributed by atoms with E-state index < -0.39 is 0 Å². The van der Waals surface area contributed by atoms with Crippen molar-refractivity contribution in [1.82, 2.24) is 19.8 Å². The van der Waals surface area contributed by atoms with E-state index in [4.69, 9.17) is 16.6 Å². The Kier molecular flexibility index (Phi) is 5.31. The summed E-state index contributed by atoms with van der Waals surface area (Å²) in [5.74, 6) is 0.883.